The quantitative estimate of drug-likeness (QED) is 0.394. The molecule has 2 aliphatic heterocycles. The van der Waals surface area contributed by atoms with Crippen LogP contribution in [-0.2, 0) is 21.2 Å². The molecule has 0 bridgehead atoms. The van der Waals surface area contributed by atoms with Gasteiger partial charge in [-0.1, -0.05) is 50.2 Å². The Morgan fingerprint density at radius 1 is 1.13 bits per heavy atom. The zero-order valence-electron chi connectivity index (χ0n) is 21.5. The van der Waals surface area contributed by atoms with Crippen molar-refractivity contribution in [2.24, 2.45) is 5.41 Å². The van der Waals surface area contributed by atoms with Gasteiger partial charge >= 0.3 is 0 Å². The third-order valence-electron chi connectivity index (χ3n) is 6.85. The number of aliphatic hydroxyl groups is 1. The largest absolute Gasteiger partial charge is 0.506 e. The maximum absolute atomic E-state index is 15.9. The van der Waals surface area contributed by atoms with Crippen LogP contribution < -0.4 is 15.0 Å². The maximum Gasteiger partial charge on any atom is 0.253 e. The van der Waals surface area contributed by atoms with E-state index in [0.29, 0.717) is 0 Å². The number of para-hydroxylation sites is 1. The highest BCUT2D eigenvalue weighted by molar-refractivity contribution is 7.95. The molecule has 10 heteroatoms. The highest BCUT2D eigenvalue weighted by atomic mass is 32.2. The number of hydrogen-bond donors (Lipinski definition) is 3. The van der Waals surface area contributed by atoms with Crippen molar-refractivity contribution in [2.45, 2.75) is 32.9 Å². The molecule has 0 aliphatic carbocycles. The van der Waals surface area contributed by atoms with E-state index < -0.39 is 39.6 Å². The van der Waals surface area contributed by atoms with Gasteiger partial charge in [-0.05, 0) is 41.7 Å². The predicted octanol–water partition coefficient (Wildman–Crippen LogP) is 4.66. The number of aliphatic hydroxyl groups excluding tert-OH is 1. The number of halogens is 1. The number of fused-ring (bicyclic) bond motifs is 1. The first-order chi connectivity index (χ1) is 18.5. The Hall–Kier alpha value is -3.89. The molecule has 0 fully saturated rings. The van der Waals surface area contributed by atoms with E-state index in [1.807, 2.05) is 30.3 Å². The molecule has 0 saturated heterocycles. The van der Waals surface area contributed by atoms with Crippen molar-refractivity contribution in [3.63, 3.8) is 0 Å². The molecule has 3 N–H and O–H groups in total. The van der Waals surface area contributed by atoms with Crippen molar-refractivity contribution in [1.82, 2.24) is 0 Å². The van der Waals surface area contributed by atoms with Gasteiger partial charge in [0.25, 0.3) is 5.91 Å². The van der Waals surface area contributed by atoms with Crippen LogP contribution in [-0.4, -0.2) is 36.9 Å². The van der Waals surface area contributed by atoms with Gasteiger partial charge in [0.05, 0.1) is 16.3 Å². The van der Waals surface area contributed by atoms with Gasteiger partial charge in [-0.2, -0.15) is 0 Å². The molecule has 2 heterocycles. The van der Waals surface area contributed by atoms with Crippen LogP contribution in [0.15, 0.2) is 77.3 Å². The van der Waals surface area contributed by atoms with Crippen molar-refractivity contribution in [3.8, 4) is 11.5 Å². The SMILES string of the molecule is CC1(C)CC2=C(C(c3ccc(OCc4ccccc4)cc3F)N(C(=O)CO)c3cccc(O)c3N2)S(=O)(=O)C1. The second-order valence-electron chi connectivity index (χ2n) is 10.5. The summed E-state index contributed by atoms with van der Waals surface area (Å²) in [6.45, 7) is 2.85. The van der Waals surface area contributed by atoms with Gasteiger partial charge < -0.3 is 20.3 Å². The van der Waals surface area contributed by atoms with Gasteiger partial charge in [-0.3, -0.25) is 9.69 Å². The van der Waals surface area contributed by atoms with E-state index in [-0.39, 0.29) is 57.8 Å². The molecule has 0 aromatic heterocycles. The lowest BCUT2D eigenvalue weighted by atomic mass is 9.88. The topological polar surface area (TPSA) is 116 Å². The summed E-state index contributed by atoms with van der Waals surface area (Å²) in [6.07, 6.45) is 0.271. The van der Waals surface area contributed by atoms with Crippen LogP contribution in [0.25, 0.3) is 0 Å². The number of amides is 1. The highest BCUT2D eigenvalue weighted by Crippen LogP contribution is 2.51. The van der Waals surface area contributed by atoms with E-state index in [4.69, 9.17) is 4.74 Å². The average Bonchev–Trinajstić information content (AvgIpc) is 3.02. The van der Waals surface area contributed by atoms with Gasteiger partial charge in [0.2, 0.25) is 0 Å². The molecule has 0 radical (unpaired) electrons. The summed E-state index contributed by atoms with van der Waals surface area (Å²) in [7, 11) is -4.03. The molecule has 3 aromatic rings. The van der Waals surface area contributed by atoms with Gasteiger partial charge in [0.1, 0.15) is 42.3 Å². The fourth-order valence-corrected chi connectivity index (χ4v) is 7.65. The minimum atomic E-state index is -4.03. The zero-order chi connectivity index (χ0) is 27.9. The first kappa shape index (κ1) is 26.7. The van der Waals surface area contributed by atoms with E-state index in [2.05, 4.69) is 5.32 Å². The number of anilines is 2. The lowest BCUT2D eigenvalue weighted by molar-refractivity contribution is -0.121. The number of sulfone groups is 1. The molecule has 1 amide bonds. The smallest absolute Gasteiger partial charge is 0.253 e. The minimum absolute atomic E-state index is 0.0855. The first-order valence-electron chi connectivity index (χ1n) is 12.4. The molecule has 3 aromatic carbocycles. The van der Waals surface area contributed by atoms with Crippen LogP contribution in [0, 0.1) is 11.2 Å². The van der Waals surface area contributed by atoms with Gasteiger partial charge in [-0.15, -0.1) is 0 Å². The second-order valence-corrected chi connectivity index (χ2v) is 12.5. The lowest BCUT2D eigenvalue weighted by Crippen LogP contribution is -2.42. The van der Waals surface area contributed by atoms with Crippen molar-refractivity contribution in [1.29, 1.82) is 0 Å². The molecule has 8 nitrogen and oxygen atoms in total. The van der Waals surface area contributed by atoms with Gasteiger partial charge in [-0.25, -0.2) is 12.8 Å². The number of nitrogens with one attached hydrogen (secondary N) is 1. The van der Waals surface area contributed by atoms with E-state index in [1.165, 1.54) is 30.3 Å². The number of rotatable bonds is 5. The van der Waals surface area contributed by atoms with Crippen molar-refractivity contribution < 1.29 is 32.6 Å². The number of hydrogen-bond acceptors (Lipinski definition) is 7. The summed E-state index contributed by atoms with van der Waals surface area (Å²) in [4.78, 5) is 14.1. The van der Waals surface area contributed by atoms with E-state index >= 15 is 4.39 Å². The van der Waals surface area contributed by atoms with Gasteiger partial charge in [0.15, 0.2) is 9.84 Å². The van der Waals surface area contributed by atoms with Crippen LogP contribution >= 0.6 is 0 Å². The molecule has 0 saturated carbocycles. The van der Waals surface area contributed by atoms with Crippen LogP contribution in [0.5, 0.6) is 11.5 Å². The van der Waals surface area contributed by atoms with Crippen LogP contribution in [0.1, 0.15) is 37.4 Å². The Balaban J connectivity index is 1.68. The average molecular weight is 553 g/mol. The third kappa shape index (κ3) is 5.09. The normalized spacial score (nSPS) is 19.4. The van der Waals surface area contributed by atoms with E-state index in [1.54, 1.807) is 13.8 Å². The van der Waals surface area contributed by atoms with Crippen LogP contribution in [0.2, 0.25) is 0 Å². The zero-order valence-corrected chi connectivity index (χ0v) is 22.3. The molecule has 1 atom stereocenters. The third-order valence-corrected chi connectivity index (χ3v) is 9.15. The molecular formula is C29H29FN2O6S. The second kappa shape index (κ2) is 10.0. The molecule has 5 rings (SSSR count). The van der Waals surface area contributed by atoms with Crippen LogP contribution in [0.4, 0.5) is 15.8 Å². The molecule has 2 aliphatic rings. The van der Waals surface area contributed by atoms with Crippen molar-refractivity contribution in [2.75, 3.05) is 22.6 Å². The summed E-state index contributed by atoms with van der Waals surface area (Å²) in [5, 5.41) is 23.6. The Labute approximate surface area is 226 Å². The Bertz CT molecular complexity index is 1570. The Morgan fingerprint density at radius 2 is 1.87 bits per heavy atom. The summed E-state index contributed by atoms with van der Waals surface area (Å²) < 4.78 is 49.2. The number of carbonyl (C=O) groups excluding carboxylic acids is 1. The number of phenols is 1. The maximum atomic E-state index is 15.9. The Morgan fingerprint density at radius 3 is 2.56 bits per heavy atom. The first-order valence-corrected chi connectivity index (χ1v) is 14.1. The fraction of sp³-hybridized carbons (Fsp3) is 0.276. The lowest BCUT2D eigenvalue weighted by Gasteiger charge is -2.37. The predicted molar refractivity (Wildman–Crippen MR) is 145 cm³/mol. The monoisotopic (exact) mass is 552 g/mol. The number of carbonyl (C=O) groups is 1. The number of aromatic hydroxyl groups is 1. The minimum Gasteiger partial charge on any atom is -0.506 e. The molecule has 0 spiro atoms. The molecule has 1 unspecified atom stereocenters. The molecule has 204 valence electrons. The number of benzene rings is 3. The highest BCUT2D eigenvalue weighted by Gasteiger charge is 2.47. The molecular weight excluding hydrogens is 523 g/mol. The number of allylic oxidation sites excluding steroid dienone is 1. The summed E-state index contributed by atoms with van der Waals surface area (Å²) in [5.41, 5.74) is 0.618. The van der Waals surface area contributed by atoms with Crippen LogP contribution in [0.3, 0.4) is 0 Å². The van der Waals surface area contributed by atoms with E-state index in [0.717, 1.165) is 16.5 Å². The fourth-order valence-electron chi connectivity index (χ4n) is 5.30. The number of nitrogens with zero attached hydrogens (tertiary/aromatic N) is 1. The summed E-state index contributed by atoms with van der Waals surface area (Å²) >= 11 is 0. The van der Waals surface area contributed by atoms with Crippen molar-refractivity contribution >= 4 is 27.1 Å². The molecule has 39 heavy (non-hydrogen) atoms. The summed E-state index contributed by atoms with van der Waals surface area (Å²) in [6, 6.07) is 16.4. The van der Waals surface area contributed by atoms with Crippen molar-refractivity contribution in [3.05, 3.63) is 94.3 Å². The Kier molecular flexibility index (Phi) is 6.86. The van der Waals surface area contributed by atoms with E-state index in [9.17, 15) is 23.4 Å². The standard InChI is InChI=1S/C29H29FN2O6S/c1-29(2)14-22-28(39(36,37)17-29)27(32(25(35)15-33)23-9-6-10-24(34)26(23)31-22)20-12-11-19(13-21(20)30)38-16-18-7-4-3-5-8-18/h3-13,27,31,33-34H,14-17H2,1-2H3. The number of ether oxygens (including phenoxy) is 1. The van der Waals surface area contributed by atoms with Gasteiger partial charge in [0, 0.05) is 17.3 Å². The summed E-state index contributed by atoms with van der Waals surface area (Å²) in [5.74, 6) is -1.85. The number of phenolic OH excluding ortho intramolecular Hbond substituents is 1.